The van der Waals surface area contributed by atoms with E-state index >= 15 is 0 Å². The molecule has 2 rings (SSSR count). The van der Waals surface area contributed by atoms with Crippen LogP contribution in [0.2, 0.25) is 0 Å². The number of nitrogens with one attached hydrogen (secondary N) is 1. The van der Waals surface area contributed by atoms with Crippen LogP contribution in [0.3, 0.4) is 0 Å². The summed E-state index contributed by atoms with van der Waals surface area (Å²) in [7, 11) is 0. The van der Waals surface area contributed by atoms with E-state index in [2.05, 4.69) is 15.2 Å². The lowest BCUT2D eigenvalue weighted by Crippen LogP contribution is -2.50. The van der Waals surface area contributed by atoms with Crippen LogP contribution in [0.1, 0.15) is 29.7 Å². The summed E-state index contributed by atoms with van der Waals surface area (Å²) < 4.78 is 36.6. The number of hydrogen-bond donors (Lipinski definition) is 1. The molecule has 0 spiro atoms. The molecule has 1 N–H and O–H groups in total. The number of carbonyl (C=O) groups excluding carboxylic acids is 1. The van der Waals surface area contributed by atoms with E-state index in [4.69, 9.17) is 0 Å². The molecule has 0 unspecified atom stereocenters. The highest BCUT2D eigenvalue weighted by Crippen LogP contribution is 2.23. The minimum absolute atomic E-state index is 0.125. The molecular formula is C14H20F3N3OS. The highest BCUT2D eigenvalue weighted by molar-refractivity contribution is 7.11. The molecule has 1 aromatic rings. The summed E-state index contributed by atoms with van der Waals surface area (Å²) in [5, 5.41) is 3.54. The molecule has 124 valence electrons. The van der Waals surface area contributed by atoms with Crippen molar-refractivity contribution in [1.82, 2.24) is 15.2 Å². The first-order valence-electron chi connectivity index (χ1n) is 7.22. The third kappa shape index (κ3) is 5.24. The van der Waals surface area contributed by atoms with Crippen molar-refractivity contribution in [3.05, 3.63) is 16.1 Å². The van der Waals surface area contributed by atoms with Crippen LogP contribution in [-0.4, -0.2) is 41.1 Å². The van der Waals surface area contributed by atoms with Gasteiger partial charge < -0.3 is 5.32 Å². The Bertz CT molecular complexity index is 518. The maximum Gasteiger partial charge on any atom is 0.397 e. The van der Waals surface area contributed by atoms with Gasteiger partial charge in [-0.05, 0) is 19.3 Å². The molecule has 0 aromatic carbocycles. The Labute approximate surface area is 131 Å². The second kappa shape index (κ2) is 6.95. The van der Waals surface area contributed by atoms with Gasteiger partial charge in [0.1, 0.15) is 6.42 Å². The van der Waals surface area contributed by atoms with Gasteiger partial charge >= 0.3 is 6.18 Å². The number of thiazole rings is 1. The van der Waals surface area contributed by atoms with Crippen LogP contribution >= 0.6 is 11.3 Å². The Balaban J connectivity index is 1.81. The molecule has 2 atom stereocenters. The number of aryl methyl sites for hydroxylation is 1. The predicted octanol–water partition coefficient (Wildman–Crippen LogP) is 2.73. The first-order valence-corrected chi connectivity index (χ1v) is 8.04. The zero-order chi connectivity index (χ0) is 16.3. The van der Waals surface area contributed by atoms with Crippen LogP contribution < -0.4 is 5.32 Å². The van der Waals surface area contributed by atoms with Gasteiger partial charge in [0.05, 0.1) is 5.01 Å². The Morgan fingerprint density at radius 3 is 2.82 bits per heavy atom. The number of piperidine rings is 1. The van der Waals surface area contributed by atoms with E-state index in [1.807, 2.05) is 20.0 Å². The monoisotopic (exact) mass is 335 g/mol. The average Bonchev–Trinajstić information content (AvgIpc) is 2.76. The molecule has 1 aliphatic heterocycles. The molecule has 0 radical (unpaired) electrons. The van der Waals surface area contributed by atoms with Gasteiger partial charge in [-0.1, -0.05) is 6.92 Å². The standard InChI is InChI=1S/C14H20F3N3OS/c1-9-7-20(8-11-6-18-10(2)22-11)4-3-12(9)19-13(21)5-14(15,16)17/h6,9,12H,3-5,7-8H2,1-2H3,(H,19,21)/t9-,12+/m0/s1. The van der Waals surface area contributed by atoms with Crippen molar-refractivity contribution in [2.45, 2.75) is 45.5 Å². The van der Waals surface area contributed by atoms with Crippen molar-refractivity contribution >= 4 is 17.2 Å². The lowest BCUT2D eigenvalue weighted by molar-refractivity contribution is -0.154. The topological polar surface area (TPSA) is 45.2 Å². The van der Waals surface area contributed by atoms with E-state index in [0.717, 1.165) is 24.6 Å². The fourth-order valence-electron chi connectivity index (χ4n) is 2.73. The summed E-state index contributed by atoms with van der Waals surface area (Å²) in [4.78, 5) is 19.1. The zero-order valence-corrected chi connectivity index (χ0v) is 13.4. The van der Waals surface area contributed by atoms with Gasteiger partial charge in [-0.25, -0.2) is 4.98 Å². The third-order valence-electron chi connectivity index (χ3n) is 3.75. The molecule has 4 nitrogen and oxygen atoms in total. The van der Waals surface area contributed by atoms with Crippen LogP contribution in [0.25, 0.3) is 0 Å². The number of alkyl halides is 3. The molecule has 1 aromatic heterocycles. The smallest absolute Gasteiger partial charge is 0.353 e. The van der Waals surface area contributed by atoms with Crippen molar-refractivity contribution < 1.29 is 18.0 Å². The van der Waals surface area contributed by atoms with Crippen LogP contribution in [0.15, 0.2) is 6.20 Å². The number of amides is 1. The van der Waals surface area contributed by atoms with E-state index < -0.39 is 18.5 Å². The van der Waals surface area contributed by atoms with Crippen molar-refractivity contribution in [3.8, 4) is 0 Å². The fraction of sp³-hybridized carbons (Fsp3) is 0.714. The summed E-state index contributed by atoms with van der Waals surface area (Å²) >= 11 is 1.65. The Morgan fingerprint density at radius 1 is 1.55 bits per heavy atom. The first kappa shape index (κ1) is 17.2. The number of halogens is 3. The molecule has 1 saturated heterocycles. The van der Waals surface area contributed by atoms with Crippen molar-refractivity contribution in [2.24, 2.45) is 5.92 Å². The number of rotatable bonds is 4. The minimum atomic E-state index is -4.45. The summed E-state index contributed by atoms with van der Waals surface area (Å²) in [6, 6.07) is -0.186. The third-order valence-corrected chi connectivity index (χ3v) is 4.64. The van der Waals surface area contributed by atoms with Gasteiger partial charge in [-0.2, -0.15) is 13.2 Å². The summed E-state index contributed by atoms with van der Waals surface area (Å²) in [5.41, 5.74) is 0. The molecule has 0 saturated carbocycles. The number of likely N-dealkylation sites (tertiary alicyclic amines) is 1. The van der Waals surface area contributed by atoms with Gasteiger partial charge in [0.25, 0.3) is 0 Å². The Hall–Kier alpha value is -1.15. The Kier molecular flexibility index (Phi) is 5.44. The highest BCUT2D eigenvalue weighted by atomic mass is 32.1. The highest BCUT2D eigenvalue weighted by Gasteiger charge is 2.34. The van der Waals surface area contributed by atoms with Crippen molar-refractivity contribution in [1.29, 1.82) is 0 Å². The van der Waals surface area contributed by atoms with Crippen molar-refractivity contribution in [2.75, 3.05) is 13.1 Å². The normalized spacial score (nSPS) is 23.5. The largest absolute Gasteiger partial charge is 0.397 e. The van der Waals surface area contributed by atoms with Gasteiger partial charge in [-0.3, -0.25) is 9.69 Å². The molecule has 22 heavy (non-hydrogen) atoms. The molecule has 0 bridgehead atoms. The maximum atomic E-state index is 12.2. The SMILES string of the molecule is Cc1ncc(CN2CC[C@@H](NC(=O)CC(F)(F)F)[C@@H](C)C2)s1. The van der Waals surface area contributed by atoms with E-state index in [-0.39, 0.29) is 12.0 Å². The van der Waals surface area contributed by atoms with Gasteiger partial charge in [0, 0.05) is 36.8 Å². The van der Waals surface area contributed by atoms with Crippen LogP contribution in [0.4, 0.5) is 13.2 Å². The van der Waals surface area contributed by atoms with Crippen LogP contribution in [0, 0.1) is 12.8 Å². The molecule has 1 amide bonds. The first-order chi connectivity index (χ1) is 10.2. The number of hydrogen-bond acceptors (Lipinski definition) is 4. The lowest BCUT2D eigenvalue weighted by atomic mass is 9.93. The quantitative estimate of drug-likeness (QED) is 0.920. The lowest BCUT2D eigenvalue weighted by Gasteiger charge is -2.37. The van der Waals surface area contributed by atoms with Crippen LogP contribution in [-0.2, 0) is 11.3 Å². The zero-order valence-electron chi connectivity index (χ0n) is 12.6. The Morgan fingerprint density at radius 2 is 2.27 bits per heavy atom. The van der Waals surface area contributed by atoms with Gasteiger partial charge in [0.2, 0.25) is 5.91 Å². The fourth-order valence-corrected chi connectivity index (χ4v) is 3.57. The molecule has 2 heterocycles. The van der Waals surface area contributed by atoms with Gasteiger partial charge in [0.15, 0.2) is 0 Å². The molecule has 8 heteroatoms. The van der Waals surface area contributed by atoms with E-state index in [1.165, 1.54) is 4.88 Å². The summed E-state index contributed by atoms with van der Waals surface area (Å²) in [6.45, 7) is 6.24. The van der Waals surface area contributed by atoms with Crippen LogP contribution in [0.5, 0.6) is 0 Å². The minimum Gasteiger partial charge on any atom is -0.353 e. The van der Waals surface area contributed by atoms with E-state index in [1.54, 1.807) is 11.3 Å². The number of nitrogens with zero attached hydrogens (tertiary/aromatic N) is 2. The number of aromatic nitrogens is 1. The molecule has 1 fully saturated rings. The second-order valence-electron chi connectivity index (χ2n) is 5.81. The molecule has 0 aliphatic carbocycles. The summed E-state index contributed by atoms with van der Waals surface area (Å²) in [5.74, 6) is -0.809. The van der Waals surface area contributed by atoms with E-state index in [9.17, 15) is 18.0 Å². The van der Waals surface area contributed by atoms with Gasteiger partial charge in [-0.15, -0.1) is 11.3 Å². The molecule has 1 aliphatic rings. The summed E-state index contributed by atoms with van der Waals surface area (Å²) in [6.07, 6.45) is -3.32. The predicted molar refractivity (Wildman–Crippen MR) is 78.5 cm³/mol. The second-order valence-corrected chi connectivity index (χ2v) is 7.13. The van der Waals surface area contributed by atoms with E-state index in [0.29, 0.717) is 6.42 Å². The average molecular weight is 335 g/mol. The van der Waals surface area contributed by atoms with Crippen molar-refractivity contribution in [3.63, 3.8) is 0 Å². The maximum absolute atomic E-state index is 12.2. The number of carbonyl (C=O) groups is 1. The molecular weight excluding hydrogens is 315 g/mol.